The second-order valence-electron chi connectivity index (χ2n) is 7.99. The number of rotatable bonds is 4. The molecule has 5 nitrogen and oxygen atoms in total. The minimum atomic E-state index is 0.330. The summed E-state index contributed by atoms with van der Waals surface area (Å²) < 4.78 is 1.93. The fourth-order valence-electron chi connectivity index (χ4n) is 4.39. The molecule has 2 aliphatic rings. The molecule has 2 aromatic rings. The lowest BCUT2D eigenvalue weighted by molar-refractivity contribution is 0.282. The lowest BCUT2D eigenvalue weighted by atomic mass is 9.89. The largest absolute Gasteiger partial charge is 0.370 e. The van der Waals surface area contributed by atoms with Gasteiger partial charge in [-0.1, -0.05) is 12.8 Å². The summed E-state index contributed by atoms with van der Waals surface area (Å²) in [6.45, 7) is 4.27. The summed E-state index contributed by atoms with van der Waals surface area (Å²) in [4.78, 5) is 2.51. The molecule has 0 amide bonds. The summed E-state index contributed by atoms with van der Waals surface area (Å²) in [5, 5.41) is 8.26. The van der Waals surface area contributed by atoms with Crippen molar-refractivity contribution in [3.8, 4) is 5.69 Å². The lowest BCUT2D eigenvalue weighted by Crippen LogP contribution is -2.55. The van der Waals surface area contributed by atoms with E-state index < -0.39 is 0 Å². The first-order chi connectivity index (χ1) is 12.7. The number of aryl methyl sites for hydroxylation is 1. The Hall–Kier alpha value is -1.85. The fourth-order valence-corrected chi connectivity index (χ4v) is 4.39. The number of nitrogens with two attached hydrogens (primary N) is 1. The first kappa shape index (κ1) is 17.6. The summed E-state index contributed by atoms with van der Waals surface area (Å²) in [6.07, 6.45) is 11.4. The van der Waals surface area contributed by atoms with E-state index in [0.29, 0.717) is 18.1 Å². The van der Waals surface area contributed by atoms with Gasteiger partial charge in [-0.25, -0.2) is 4.68 Å². The molecule has 3 atom stereocenters. The Morgan fingerprint density at radius 2 is 1.81 bits per heavy atom. The summed E-state index contributed by atoms with van der Waals surface area (Å²) in [7, 11) is 0. The van der Waals surface area contributed by atoms with Crippen molar-refractivity contribution in [3.63, 3.8) is 0 Å². The van der Waals surface area contributed by atoms with Gasteiger partial charge in [0.1, 0.15) is 0 Å². The summed E-state index contributed by atoms with van der Waals surface area (Å²) in [6, 6.07) is 10.1. The second-order valence-corrected chi connectivity index (χ2v) is 7.99. The molecular formula is C21H31N5. The average Bonchev–Trinajstić information content (AvgIpc) is 3.10. The zero-order valence-corrected chi connectivity index (χ0v) is 15.8. The second kappa shape index (κ2) is 7.80. The molecule has 4 rings (SSSR count). The number of benzene rings is 1. The van der Waals surface area contributed by atoms with Gasteiger partial charge in [-0.05, 0) is 62.4 Å². The van der Waals surface area contributed by atoms with Gasteiger partial charge in [0.05, 0.1) is 11.9 Å². The number of hydrogen-bond donors (Lipinski definition) is 2. The van der Waals surface area contributed by atoms with Crippen LogP contribution in [-0.4, -0.2) is 41.0 Å². The summed E-state index contributed by atoms with van der Waals surface area (Å²) >= 11 is 0. The molecule has 1 aliphatic carbocycles. The normalized spacial score (nSPS) is 26.8. The number of aromatic nitrogens is 2. The minimum Gasteiger partial charge on any atom is -0.370 e. The molecule has 140 valence electrons. The van der Waals surface area contributed by atoms with Crippen molar-refractivity contribution in [1.82, 2.24) is 15.1 Å². The molecule has 26 heavy (non-hydrogen) atoms. The number of anilines is 1. The van der Waals surface area contributed by atoms with Crippen LogP contribution in [0.15, 0.2) is 36.7 Å². The molecular weight excluding hydrogens is 322 g/mol. The van der Waals surface area contributed by atoms with Gasteiger partial charge in [0.15, 0.2) is 0 Å². The van der Waals surface area contributed by atoms with Crippen LogP contribution in [0.1, 0.15) is 44.1 Å². The van der Waals surface area contributed by atoms with E-state index in [9.17, 15) is 0 Å². The van der Waals surface area contributed by atoms with Gasteiger partial charge < -0.3 is 16.0 Å². The SMILES string of the molecule is Cc1cnn(-c2ccc(N3CCC[C@H](N[C@@H]4CCCC[C@H]4N)C3)cc2)c1. The summed E-state index contributed by atoms with van der Waals surface area (Å²) in [5.41, 5.74) is 9.93. The van der Waals surface area contributed by atoms with Gasteiger partial charge in [-0.3, -0.25) is 0 Å². The van der Waals surface area contributed by atoms with Crippen LogP contribution in [0.3, 0.4) is 0 Å². The van der Waals surface area contributed by atoms with Crippen molar-refractivity contribution in [2.24, 2.45) is 5.73 Å². The third-order valence-electron chi connectivity index (χ3n) is 5.88. The monoisotopic (exact) mass is 353 g/mol. The van der Waals surface area contributed by atoms with Gasteiger partial charge in [-0.15, -0.1) is 0 Å². The summed E-state index contributed by atoms with van der Waals surface area (Å²) in [5.74, 6) is 0. The Morgan fingerprint density at radius 1 is 1.04 bits per heavy atom. The Bertz CT molecular complexity index is 707. The Kier molecular flexibility index (Phi) is 5.27. The molecule has 2 fully saturated rings. The Morgan fingerprint density at radius 3 is 2.54 bits per heavy atom. The molecule has 1 saturated carbocycles. The van der Waals surface area contributed by atoms with E-state index >= 15 is 0 Å². The van der Waals surface area contributed by atoms with E-state index in [1.54, 1.807) is 0 Å². The molecule has 1 aliphatic heterocycles. The highest BCUT2D eigenvalue weighted by Crippen LogP contribution is 2.24. The predicted molar refractivity (Wildman–Crippen MR) is 107 cm³/mol. The van der Waals surface area contributed by atoms with Gasteiger partial charge in [-0.2, -0.15) is 5.10 Å². The van der Waals surface area contributed by atoms with E-state index in [1.165, 1.54) is 49.8 Å². The van der Waals surface area contributed by atoms with Crippen LogP contribution in [0.5, 0.6) is 0 Å². The maximum atomic E-state index is 6.33. The van der Waals surface area contributed by atoms with Gasteiger partial charge in [0.2, 0.25) is 0 Å². The number of nitrogens with zero attached hydrogens (tertiary/aromatic N) is 3. The van der Waals surface area contributed by atoms with E-state index in [1.807, 2.05) is 10.9 Å². The topological polar surface area (TPSA) is 59.1 Å². The van der Waals surface area contributed by atoms with E-state index in [2.05, 4.69) is 52.7 Å². The van der Waals surface area contributed by atoms with Crippen LogP contribution in [-0.2, 0) is 0 Å². The Labute approximate surface area is 156 Å². The van der Waals surface area contributed by atoms with Crippen LogP contribution in [0.4, 0.5) is 5.69 Å². The number of hydrogen-bond acceptors (Lipinski definition) is 4. The van der Waals surface area contributed by atoms with Crippen LogP contribution >= 0.6 is 0 Å². The molecule has 0 unspecified atom stereocenters. The van der Waals surface area contributed by atoms with E-state index in [-0.39, 0.29) is 0 Å². The molecule has 1 aromatic carbocycles. The predicted octanol–water partition coefficient (Wildman–Crippen LogP) is 3.01. The quantitative estimate of drug-likeness (QED) is 0.887. The van der Waals surface area contributed by atoms with Crippen molar-refractivity contribution in [2.45, 2.75) is 63.6 Å². The molecule has 1 saturated heterocycles. The standard InChI is InChI=1S/C21H31N5/c1-16-13-23-26(14-16)19-10-8-18(9-11-19)25-12-4-5-17(15-25)24-21-7-3-2-6-20(21)22/h8-11,13-14,17,20-21,24H,2-7,12,15,22H2,1H3/t17-,20+,21+/m0/s1. The molecule has 0 radical (unpaired) electrons. The van der Waals surface area contributed by atoms with Crippen LogP contribution in [0, 0.1) is 6.92 Å². The molecule has 0 bridgehead atoms. The molecule has 3 N–H and O–H groups in total. The molecule has 1 aromatic heterocycles. The van der Waals surface area contributed by atoms with Crippen LogP contribution < -0.4 is 16.0 Å². The first-order valence-electron chi connectivity index (χ1n) is 10.1. The highest BCUT2D eigenvalue weighted by Gasteiger charge is 2.27. The van der Waals surface area contributed by atoms with Crippen molar-refractivity contribution in [3.05, 3.63) is 42.2 Å². The average molecular weight is 354 g/mol. The maximum absolute atomic E-state index is 6.33. The fraction of sp³-hybridized carbons (Fsp3) is 0.571. The van der Waals surface area contributed by atoms with E-state index in [0.717, 1.165) is 18.8 Å². The van der Waals surface area contributed by atoms with Crippen LogP contribution in [0.25, 0.3) is 5.69 Å². The zero-order valence-electron chi connectivity index (χ0n) is 15.8. The van der Waals surface area contributed by atoms with Crippen molar-refractivity contribution < 1.29 is 0 Å². The van der Waals surface area contributed by atoms with Crippen molar-refractivity contribution in [1.29, 1.82) is 0 Å². The van der Waals surface area contributed by atoms with Gasteiger partial charge >= 0.3 is 0 Å². The van der Waals surface area contributed by atoms with Crippen LogP contribution in [0.2, 0.25) is 0 Å². The molecule has 5 heteroatoms. The molecule has 2 heterocycles. The third-order valence-corrected chi connectivity index (χ3v) is 5.88. The first-order valence-corrected chi connectivity index (χ1v) is 10.1. The highest BCUT2D eigenvalue weighted by molar-refractivity contribution is 5.51. The van der Waals surface area contributed by atoms with Gasteiger partial charge in [0.25, 0.3) is 0 Å². The number of piperidine rings is 1. The van der Waals surface area contributed by atoms with Crippen molar-refractivity contribution >= 4 is 5.69 Å². The highest BCUT2D eigenvalue weighted by atomic mass is 15.3. The van der Waals surface area contributed by atoms with Crippen molar-refractivity contribution in [2.75, 3.05) is 18.0 Å². The minimum absolute atomic E-state index is 0.330. The van der Waals surface area contributed by atoms with Gasteiger partial charge in [0, 0.05) is 43.1 Å². The molecule has 0 spiro atoms. The smallest absolute Gasteiger partial charge is 0.0647 e. The zero-order chi connectivity index (χ0) is 17.9. The third kappa shape index (κ3) is 3.94. The van der Waals surface area contributed by atoms with E-state index in [4.69, 9.17) is 5.73 Å². The Balaban J connectivity index is 1.39. The lowest BCUT2D eigenvalue weighted by Gasteiger charge is -2.39. The number of nitrogens with one attached hydrogen (secondary N) is 1. The maximum Gasteiger partial charge on any atom is 0.0647 e.